The van der Waals surface area contributed by atoms with E-state index in [2.05, 4.69) is 47.7 Å². The van der Waals surface area contributed by atoms with E-state index < -0.39 is 0 Å². The van der Waals surface area contributed by atoms with Crippen LogP contribution in [-0.4, -0.2) is 50.9 Å². The first-order chi connectivity index (χ1) is 10.4. The number of fused-ring (bicyclic) bond motifs is 1. The summed E-state index contributed by atoms with van der Waals surface area (Å²) in [5, 5.41) is 11.3. The van der Waals surface area contributed by atoms with Gasteiger partial charge in [-0.2, -0.15) is 16.9 Å². The number of halogens is 1. The molecule has 2 heterocycles. The summed E-state index contributed by atoms with van der Waals surface area (Å²) >= 11 is 1.84. The van der Waals surface area contributed by atoms with Crippen molar-refractivity contribution in [1.82, 2.24) is 25.4 Å². The van der Waals surface area contributed by atoms with Crippen molar-refractivity contribution in [2.45, 2.75) is 57.9 Å². The van der Waals surface area contributed by atoms with E-state index in [-0.39, 0.29) is 28.7 Å². The molecular formula is C15H29IN6S. The summed E-state index contributed by atoms with van der Waals surface area (Å²) in [7, 11) is 0. The number of aliphatic imine (C=N–C) groups is 1. The predicted octanol–water partition coefficient (Wildman–Crippen LogP) is 2.22. The van der Waals surface area contributed by atoms with E-state index >= 15 is 0 Å². The van der Waals surface area contributed by atoms with Gasteiger partial charge in [0.1, 0.15) is 11.6 Å². The first-order valence-corrected chi connectivity index (χ1v) is 9.16. The molecule has 0 aliphatic carbocycles. The molecule has 1 aromatic rings. The van der Waals surface area contributed by atoms with Gasteiger partial charge >= 0.3 is 0 Å². The fourth-order valence-electron chi connectivity index (χ4n) is 2.40. The highest BCUT2D eigenvalue weighted by Crippen LogP contribution is 2.21. The van der Waals surface area contributed by atoms with Crippen molar-refractivity contribution in [3.05, 3.63) is 11.6 Å². The van der Waals surface area contributed by atoms with Gasteiger partial charge in [0, 0.05) is 23.8 Å². The van der Waals surface area contributed by atoms with E-state index in [1.807, 2.05) is 23.4 Å². The third kappa shape index (κ3) is 6.13. The summed E-state index contributed by atoms with van der Waals surface area (Å²) < 4.78 is 2.18. The molecule has 0 aromatic carbocycles. The lowest BCUT2D eigenvalue weighted by molar-refractivity contribution is 0.392. The largest absolute Gasteiger partial charge is 0.357 e. The molecule has 6 nitrogen and oxygen atoms in total. The summed E-state index contributed by atoms with van der Waals surface area (Å²) in [6, 6.07) is 0.351. The fourth-order valence-corrected chi connectivity index (χ4v) is 2.59. The van der Waals surface area contributed by atoms with Gasteiger partial charge in [-0.15, -0.1) is 24.0 Å². The maximum absolute atomic E-state index is 4.74. The Morgan fingerprint density at radius 1 is 1.48 bits per heavy atom. The zero-order chi connectivity index (χ0) is 16.2. The van der Waals surface area contributed by atoms with Gasteiger partial charge in [0.05, 0.1) is 13.1 Å². The van der Waals surface area contributed by atoms with Gasteiger partial charge in [-0.3, -0.25) is 4.99 Å². The zero-order valence-corrected chi connectivity index (χ0v) is 17.9. The Bertz CT molecular complexity index is 528. The summed E-state index contributed by atoms with van der Waals surface area (Å²) in [4.78, 5) is 9.20. The molecule has 1 atom stereocenters. The Balaban J connectivity index is 0.00000264. The molecule has 2 rings (SSSR count). The highest BCUT2D eigenvalue weighted by molar-refractivity contribution is 14.0. The smallest absolute Gasteiger partial charge is 0.191 e. The molecule has 0 saturated heterocycles. The summed E-state index contributed by atoms with van der Waals surface area (Å²) in [6.45, 7) is 11.0. The number of aromatic nitrogens is 3. The Hall–Kier alpha value is -0.510. The van der Waals surface area contributed by atoms with Crippen LogP contribution in [0.1, 0.15) is 38.8 Å². The Kier molecular flexibility index (Phi) is 8.12. The second kappa shape index (κ2) is 9.10. The van der Waals surface area contributed by atoms with Gasteiger partial charge in [-0.25, -0.2) is 9.67 Å². The fraction of sp³-hybridized carbons (Fsp3) is 0.800. The van der Waals surface area contributed by atoms with E-state index in [0.29, 0.717) is 6.04 Å². The molecule has 0 bridgehead atoms. The molecule has 8 heteroatoms. The number of hydrogen-bond donors (Lipinski definition) is 2. The van der Waals surface area contributed by atoms with Crippen LogP contribution in [0.4, 0.5) is 0 Å². The molecule has 1 aliphatic rings. The minimum atomic E-state index is 0. The molecule has 1 aromatic heterocycles. The molecule has 132 valence electrons. The monoisotopic (exact) mass is 452 g/mol. The minimum Gasteiger partial charge on any atom is -0.357 e. The number of nitrogens with zero attached hydrogens (tertiary/aromatic N) is 4. The van der Waals surface area contributed by atoms with Crippen LogP contribution >= 0.6 is 35.7 Å². The van der Waals surface area contributed by atoms with E-state index in [4.69, 9.17) is 4.99 Å². The maximum atomic E-state index is 4.74. The van der Waals surface area contributed by atoms with E-state index in [1.165, 1.54) is 0 Å². The highest BCUT2D eigenvalue weighted by atomic mass is 127. The lowest BCUT2D eigenvalue weighted by Gasteiger charge is -2.26. The van der Waals surface area contributed by atoms with Crippen molar-refractivity contribution in [3.8, 4) is 0 Å². The number of thioether (sulfide) groups is 1. The normalized spacial score (nSPS) is 18.1. The van der Waals surface area contributed by atoms with E-state index in [1.54, 1.807) is 0 Å². The summed E-state index contributed by atoms with van der Waals surface area (Å²) in [6.07, 6.45) is 4.16. The van der Waals surface area contributed by atoms with Crippen LogP contribution in [0.15, 0.2) is 4.99 Å². The molecule has 1 aliphatic heterocycles. The molecule has 1 unspecified atom stereocenters. The Labute approximate surface area is 160 Å². The maximum Gasteiger partial charge on any atom is 0.191 e. The third-order valence-corrected chi connectivity index (χ3v) is 5.05. The van der Waals surface area contributed by atoms with E-state index in [0.717, 1.165) is 50.1 Å². The van der Waals surface area contributed by atoms with Gasteiger partial charge in [0.25, 0.3) is 0 Å². The van der Waals surface area contributed by atoms with Crippen molar-refractivity contribution in [1.29, 1.82) is 0 Å². The molecule has 0 fully saturated rings. The molecule has 0 spiro atoms. The number of guanidine groups is 1. The van der Waals surface area contributed by atoms with Gasteiger partial charge in [-0.1, -0.05) is 0 Å². The molecule has 0 amide bonds. The second-order valence-corrected chi connectivity index (χ2v) is 7.81. The van der Waals surface area contributed by atoms with Crippen molar-refractivity contribution >= 4 is 41.7 Å². The number of aryl methyl sites for hydroxylation is 2. The first-order valence-electron chi connectivity index (χ1n) is 7.94. The van der Waals surface area contributed by atoms with Gasteiger partial charge < -0.3 is 10.6 Å². The predicted molar refractivity (Wildman–Crippen MR) is 109 cm³/mol. The molecule has 0 radical (unpaired) electrons. The number of hydrogen-bond acceptors (Lipinski definition) is 4. The Morgan fingerprint density at radius 3 is 2.87 bits per heavy atom. The van der Waals surface area contributed by atoms with Crippen LogP contribution in [0.2, 0.25) is 0 Å². The third-order valence-electron chi connectivity index (χ3n) is 3.82. The lowest BCUT2D eigenvalue weighted by Crippen LogP contribution is -2.47. The molecular weight excluding hydrogens is 423 g/mol. The Morgan fingerprint density at radius 2 is 2.22 bits per heavy atom. The molecule has 0 saturated carbocycles. The average Bonchev–Trinajstić information content (AvgIpc) is 2.84. The minimum absolute atomic E-state index is 0. The summed E-state index contributed by atoms with van der Waals surface area (Å²) in [5.41, 5.74) is 0. The second-order valence-electron chi connectivity index (χ2n) is 6.30. The lowest BCUT2D eigenvalue weighted by atomic mass is 10.1. The first kappa shape index (κ1) is 20.5. The van der Waals surface area contributed by atoms with Crippen LogP contribution in [0.3, 0.4) is 0 Å². The van der Waals surface area contributed by atoms with Crippen LogP contribution in [0.5, 0.6) is 0 Å². The number of nitrogens with one attached hydrogen (secondary N) is 2. The SMILES string of the molecule is CCNC(=NCC(C)(C)SC)NC1CCc2nc(C)nn2C1.I. The van der Waals surface area contributed by atoms with Crippen molar-refractivity contribution in [2.24, 2.45) is 4.99 Å². The van der Waals surface area contributed by atoms with Crippen LogP contribution in [-0.2, 0) is 13.0 Å². The topological polar surface area (TPSA) is 67.1 Å². The van der Waals surface area contributed by atoms with Gasteiger partial charge in [0.15, 0.2) is 5.96 Å². The van der Waals surface area contributed by atoms with Crippen molar-refractivity contribution < 1.29 is 0 Å². The highest BCUT2D eigenvalue weighted by Gasteiger charge is 2.22. The van der Waals surface area contributed by atoms with E-state index in [9.17, 15) is 0 Å². The van der Waals surface area contributed by atoms with Gasteiger partial charge in [-0.05, 0) is 40.4 Å². The van der Waals surface area contributed by atoms with Crippen molar-refractivity contribution in [2.75, 3.05) is 19.3 Å². The van der Waals surface area contributed by atoms with Crippen molar-refractivity contribution in [3.63, 3.8) is 0 Å². The van der Waals surface area contributed by atoms with Crippen LogP contribution < -0.4 is 10.6 Å². The standard InChI is InChI=1S/C15H28N6S.HI/c1-6-16-14(17-10-15(3,4)22-5)19-12-7-8-13-18-11(2)20-21(13)9-12;/h12H,6-10H2,1-5H3,(H2,16,17,19);1H. The quantitative estimate of drug-likeness (QED) is 0.408. The number of rotatable bonds is 5. The molecule has 2 N–H and O–H groups in total. The van der Waals surface area contributed by atoms with Crippen LogP contribution in [0.25, 0.3) is 0 Å². The molecule has 23 heavy (non-hydrogen) atoms. The summed E-state index contributed by atoms with van der Waals surface area (Å²) in [5.74, 6) is 2.86. The average molecular weight is 452 g/mol. The zero-order valence-electron chi connectivity index (χ0n) is 14.7. The van der Waals surface area contributed by atoms with Crippen LogP contribution in [0, 0.1) is 6.92 Å². The van der Waals surface area contributed by atoms with Gasteiger partial charge in [0.2, 0.25) is 0 Å².